The molecule has 1 aliphatic carbocycles. The molecule has 1 amide bonds. The highest BCUT2D eigenvalue weighted by molar-refractivity contribution is 7.99. The molecule has 5 nitrogen and oxygen atoms in total. The average molecular weight is 344 g/mol. The predicted octanol–water partition coefficient (Wildman–Crippen LogP) is 3.37. The summed E-state index contributed by atoms with van der Waals surface area (Å²) in [5.74, 6) is 0.467. The quantitative estimate of drug-likeness (QED) is 0.816. The first-order valence-electron chi connectivity index (χ1n) is 8.68. The van der Waals surface area contributed by atoms with Crippen LogP contribution in [0.25, 0.3) is 5.69 Å². The molecule has 1 heterocycles. The highest BCUT2D eigenvalue weighted by atomic mass is 32.2. The van der Waals surface area contributed by atoms with Crippen molar-refractivity contribution in [1.82, 2.24) is 20.1 Å². The third-order valence-corrected chi connectivity index (χ3v) is 5.39. The number of aromatic nitrogens is 3. The number of hydrogen-bond acceptors (Lipinski definition) is 4. The van der Waals surface area contributed by atoms with E-state index < -0.39 is 0 Å². The van der Waals surface area contributed by atoms with Gasteiger partial charge >= 0.3 is 0 Å². The van der Waals surface area contributed by atoms with Crippen LogP contribution in [0.15, 0.2) is 35.7 Å². The smallest absolute Gasteiger partial charge is 0.230 e. The van der Waals surface area contributed by atoms with Crippen LogP contribution < -0.4 is 5.32 Å². The molecule has 0 aliphatic heterocycles. The third-order valence-electron chi connectivity index (χ3n) is 4.45. The van der Waals surface area contributed by atoms with Crippen LogP contribution in [-0.4, -0.2) is 32.5 Å². The number of rotatable bonds is 6. The van der Waals surface area contributed by atoms with Gasteiger partial charge in [-0.2, -0.15) is 0 Å². The van der Waals surface area contributed by atoms with Crippen molar-refractivity contribution in [2.24, 2.45) is 0 Å². The summed E-state index contributed by atoms with van der Waals surface area (Å²) in [6.07, 6.45) is 8.62. The Bertz CT molecular complexity index is 679. The number of hydrogen-bond donors (Lipinski definition) is 1. The van der Waals surface area contributed by atoms with E-state index in [2.05, 4.69) is 34.6 Å². The van der Waals surface area contributed by atoms with Gasteiger partial charge in [-0.1, -0.05) is 56.1 Å². The lowest BCUT2D eigenvalue weighted by Crippen LogP contribution is -2.37. The number of thioether (sulfide) groups is 1. The number of nitrogens with one attached hydrogen (secondary N) is 1. The number of nitrogens with zero attached hydrogens (tertiary/aromatic N) is 3. The maximum absolute atomic E-state index is 12.2. The molecule has 2 aromatic rings. The third kappa shape index (κ3) is 4.17. The highest BCUT2D eigenvalue weighted by Gasteiger charge is 2.17. The Morgan fingerprint density at radius 2 is 2.08 bits per heavy atom. The van der Waals surface area contributed by atoms with Gasteiger partial charge in [0.1, 0.15) is 6.33 Å². The topological polar surface area (TPSA) is 59.8 Å². The first kappa shape index (κ1) is 17.0. The van der Waals surface area contributed by atoms with Gasteiger partial charge in [0.25, 0.3) is 0 Å². The van der Waals surface area contributed by atoms with Crippen molar-refractivity contribution < 1.29 is 4.79 Å². The van der Waals surface area contributed by atoms with Gasteiger partial charge in [0.2, 0.25) is 5.91 Å². The second kappa shape index (κ2) is 8.33. The largest absolute Gasteiger partial charge is 0.353 e. The molecule has 0 atom stereocenters. The van der Waals surface area contributed by atoms with Gasteiger partial charge in [-0.05, 0) is 30.9 Å². The second-order valence-corrected chi connectivity index (χ2v) is 7.10. The SMILES string of the molecule is CCc1ccccc1-n1cnnc1SCC(=O)NC1CCCCC1. The van der Waals surface area contributed by atoms with Crippen LogP contribution in [0.5, 0.6) is 0 Å². The molecular weight excluding hydrogens is 320 g/mol. The van der Waals surface area contributed by atoms with Crippen LogP contribution >= 0.6 is 11.8 Å². The summed E-state index contributed by atoms with van der Waals surface area (Å²) in [6, 6.07) is 8.58. The molecule has 6 heteroatoms. The van der Waals surface area contributed by atoms with Crippen molar-refractivity contribution >= 4 is 17.7 Å². The lowest BCUT2D eigenvalue weighted by Gasteiger charge is -2.22. The molecule has 0 unspecified atom stereocenters. The Morgan fingerprint density at radius 3 is 2.88 bits per heavy atom. The molecule has 128 valence electrons. The minimum Gasteiger partial charge on any atom is -0.353 e. The lowest BCUT2D eigenvalue weighted by atomic mass is 9.95. The van der Waals surface area contributed by atoms with Crippen molar-refractivity contribution in [2.45, 2.75) is 56.6 Å². The zero-order valence-corrected chi connectivity index (χ0v) is 14.9. The van der Waals surface area contributed by atoms with Crippen LogP contribution in [0, 0.1) is 0 Å². The van der Waals surface area contributed by atoms with E-state index in [0.717, 1.165) is 30.1 Å². The van der Waals surface area contributed by atoms with Gasteiger partial charge in [-0.15, -0.1) is 10.2 Å². The molecule has 0 bridgehead atoms. The number of benzene rings is 1. The fourth-order valence-corrected chi connectivity index (χ4v) is 3.91. The summed E-state index contributed by atoms with van der Waals surface area (Å²) in [6.45, 7) is 2.13. The molecule has 1 aromatic carbocycles. The summed E-state index contributed by atoms with van der Waals surface area (Å²) in [4.78, 5) is 12.2. The molecule has 0 radical (unpaired) electrons. The van der Waals surface area contributed by atoms with E-state index in [4.69, 9.17) is 0 Å². The van der Waals surface area contributed by atoms with Crippen LogP contribution in [0.4, 0.5) is 0 Å². The summed E-state index contributed by atoms with van der Waals surface area (Å²) in [5.41, 5.74) is 2.32. The Balaban J connectivity index is 1.62. The minimum absolute atomic E-state index is 0.0882. The van der Waals surface area contributed by atoms with Crippen molar-refractivity contribution in [1.29, 1.82) is 0 Å². The Morgan fingerprint density at radius 1 is 1.29 bits per heavy atom. The maximum Gasteiger partial charge on any atom is 0.230 e. The van der Waals surface area contributed by atoms with Crippen LogP contribution in [-0.2, 0) is 11.2 Å². The van der Waals surface area contributed by atoms with Crippen LogP contribution in [0.3, 0.4) is 0 Å². The van der Waals surface area contributed by atoms with Crippen molar-refractivity contribution in [3.05, 3.63) is 36.2 Å². The van der Waals surface area contributed by atoms with Gasteiger partial charge in [-0.3, -0.25) is 9.36 Å². The van der Waals surface area contributed by atoms with Gasteiger partial charge in [0, 0.05) is 6.04 Å². The van der Waals surface area contributed by atoms with E-state index in [-0.39, 0.29) is 5.91 Å². The number of carbonyl (C=O) groups is 1. The summed E-state index contributed by atoms with van der Waals surface area (Å²) in [7, 11) is 0. The number of amides is 1. The zero-order valence-electron chi connectivity index (χ0n) is 14.1. The molecule has 1 aliphatic rings. The molecule has 1 saturated carbocycles. The fourth-order valence-electron chi connectivity index (χ4n) is 3.18. The standard InChI is InChI=1S/C18H24N4OS/c1-2-14-8-6-7-11-16(14)22-13-19-21-18(22)24-12-17(23)20-15-9-4-3-5-10-15/h6-8,11,13,15H,2-5,9-10,12H2,1H3,(H,20,23). The summed E-state index contributed by atoms with van der Waals surface area (Å²) in [5, 5.41) is 12.1. The van der Waals surface area contributed by atoms with Crippen molar-refractivity contribution in [2.75, 3.05) is 5.75 Å². The van der Waals surface area contributed by atoms with E-state index in [9.17, 15) is 4.79 Å². The molecule has 1 fully saturated rings. The Kier molecular flexibility index (Phi) is 5.91. The van der Waals surface area contributed by atoms with Crippen molar-refractivity contribution in [3.63, 3.8) is 0 Å². The van der Waals surface area contributed by atoms with E-state index >= 15 is 0 Å². The fraction of sp³-hybridized carbons (Fsp3) is 0.500. The molecule has 0 saturated heterocycles. The molecule has 0 spiro atoms. The first-order chi connectivity index (χ1) is 11.8. The number of carbonyl (C=O) groups excluding carboxylic acids is 1. The van der Waals surface area contributed by atoms with Crippen LogP contribution in [0.1, 0.15) is 44.6 Å². The molecule has 1 N–H and O–H groups in total. The molecule has 3 rings (SSSR count). The zero-order chi connectivity index (χ0) is 16.8. The molecule has 24 heavy (non-hydrogen) atoms. The van der Waals surface area contributed by atoms with Gasteiger partial charge in [0.05, 0.1) is 11.4 Å². The predicted molar refractivity (Wildman–Crippen MR) is 96.5 cm³/mol. The minimum atomic E-state index is 0.0882. The molecule has 1 aromatic heterocycles. The second-order valence-electron chi connectivity index (χ2n) is 6.16. The number of aryl methyl sites for hydroxylation is 1. The lowest BCUT2D eigenvalue weighted by molar-refractivity contribution is -0.119. The van der Waals surface area contributed by atoms with Gasteiger partial charge in [-0.25, -0.2) is 0 Å². The summed E-state index contributed by atoms with van der Waals surface area (Å²) < 4.78 is 1.97. The number of para-hydroxylation sites is 1. The first-order valence-corrected chi connectivity index (χ1v) is 9.67. The van der Waals surface area contributed by atoms with Gasteiger partial charge < -0.3 is 5.32 Å². The van der Waals surface area contributed by atoms with Crippen LogP contribution in [0.2, 0.25) is 0 Å². The highest BCUT2D eigenvalue weighted by Crippen LogP contribution is 2.23. The monoisotopic (exact) mass is 344 g/mol. The van der Waals surface area contributed by atoms with E-state index in [0.29, 0.717) is 11.8 Å². The van der Waals surface area contributed by atoms with E-state index in [1.165, 1.54) is 36.6 Å². The molecular formula is C18H24N4OS. The normalized spacial score (nSPS) is 15.4. The van der Waals surface area contributed by atoms with E-state index in [1.807, 2.05) is 16.7 Å². The van der Waals surface area contributed by atoms with E-state index in [1.54, 1.807) is 6.33 Å². The average Bonchev–Trinajstić information content (AvgIpc) is 3.09. The summed E-state index contributed by atoms with van der Waals surface area (Å²) >= 11 is 1.44. The van der Waals surface area contributed by atoms with Crippen molar-refractivity contribution in [3.8, 4) is 5.69 Å². The maximum atomic E-state index is 12.2. The Labute approximate surface area is 147 Å². The van der Waals surface area contributed by atoms with Gasteiger partial charge in [0.15, 0.2) is 5.16 Å². The Hall–Kier alpha value is -1.82.